The second-order valence-corrected chi connectivity index (χ2v) is 4.96. The summed E-state index contributed by atoms with van der Waals surface area (Å²) in [5, 5.41) is 14.9. The number of carbonyl (C=O) groups is 1. The van der Waals surface area contributed by atoms with E-state index in [9.17, 15) is 4.79 Å². The van der Waals surface area contributed by atoms with Crippen LogP contribution in [0.1, 0.15) is 36.8 Å². The Balaban J connectivity index is 1.67. The van der Waals surface area contributed by atoms with E-state index in [1.54, 1.807) is 12.1 Å². The van der Waals surface area contributed by atoms with E-state index in [1.807, 2.05) is 12.1 Å². The number of nitrogens with zero attached hydrogens (tertiary/aromatic N) is 1. The fourth-order valence-electron chi connectivity index (χ4n) is 2.37. The van der Waals surface area contributed by atoms with Crippen molar-refractivity contribution in [3.05, 3.63) is 35.4 Å². The lowest BCUT2D eigenvalue weighted by Crippen LogP contribution is -2.38. The van der Waals surface area contributed by atoms with E-state index in [0.717, 1.165) is 18.4 Å². The van der Waals surface area contributed by atoms with Gasteiger partial charge in [0.05, 0.1) is 18.2 Å². The van der Waals surface area contributed by atoms with E-state index >= 15 is 0 Å². The molecule has 0 radical (unpaired) electrons. The normalized spacial score (nSPS) is 15.1. The van der Waals surface area contributed by atoms with Crippen LogP contribution in [0.15, 0.2) is 24.3 Å². The maximum atomic E-state index is 11.7. The molecule has 0 spiro atoms. The molecule has 0 aliphatic heterocycles. The van der Waals surface area contributed by atoms with E-state index in [0.29, 0.717) is 24.7 Å². The maximum absolute atomic E-state index is 11.7. The topological polar surface area (TPSA) is 64.9 Å². The van der Waals surface area contributed by atoms with Crippen LogP contribution in [-0.2, 0) is 11.3 Å². The van der Waals surface area contributed by atoms with Crippen LogP contribution in [0.3, 0.4) is 0 Å². The van der Waals surface area contributed by atoms with Crippen molar-refractivity contribution < 1.29 is 4.79 Å². The summed E-state index contributed by atoms with van der Waals surface area (Å²) in [4.78, 5) is 11.7. The molecule has 0 heterocycles. The summed E-state index contributed by atoms with van der Waals surface area (Å²) < 4.78 is 0. The van der Waals surface area contributed by atoms with Gasteiger partial charge >= 0.3 is 0 Å². The van der Waals surface area contributed by atoms with Crippen molar-refractivity contribution >= 4 is 5.91 Å². The van der Waals surface area contributed by atoms with Gasteiger partial charge in [-0.15, -0.1) is 0 Å². The zero-order valence-corrected chi connectivity index (χ0v) is 11.0. The van der Waals surface area contributed by atoms with Gasteiger partial charge in [-0.3, -0.25) is 4.79 Å². The van der Waals surface area contributed by atoms with Gasteiger partial charge in [0.15, 0.2) is 0 Å². The van der Waals surface area contributed by atoms with Gasteiger partial charge in [-0.1, -0.05) is 25.0 Å². The fourth-order valence-corrected chi connectivity index (χ4v) is 2.37. The third-order valence-corrected chi connectivity index (χ3v) is 3.42. The lowest BCUT2D eigenvalue weighted by Gasteiger charge is -2.12. The Labute approximate surface area is 113 Å². The summed E-state index contributed by atoms with van der Waals surface area (Å²) in [6.45, 7) is 0.986. The van der Waals surface area contributed by atoms with Gasteiger partial charge in [0.25, 0.3) is 0 Å². The Morgan fingerprint density at radius 1 is 1.26 bits per heavy atom. The molecule has 19 heavy (non-hydrogen) atoms. The molecular weight excluding hydrogens is 238 g/mol. The molecule has 100 valence electrons. The van der Waals surface area contributed by atoms with Gasteiger partial charge in [-0.05, 0) is 30.5 Å². The Hall–Kier alpha value is -1.86. The summed E-state index contributed by atoms with van der Waals surface area (Å²) in [7, 11) is 0. The van der Waals surface area contributed by atoms with Gasteiger partial charge in [0.1, 0.15) is 0 Å². The van der Waals surface area contributed by atoms with Crippen LogP contribution in [0.5, 0.6) is 0 Å². The Kier molecular flexibility index (Phi) is 4.93. The number of carbonyl (C=O) groups excluding carboxylic acids is 1. The maximum Gasteiger partial charge on any atom is 0.234 e. The first kappa shape index (κ1) is 13.6. The van der Waals surface area contributed by atoms with Crippen molar-refractivity contribution in [2.45, 2.75) is 38.3 Å². The van der Waals surface area contributed by atoms with Crippen molar-refractivity contribution in [2.24, 2.45) is 0 Å². The molecule has 1 aliphatic rings. The minimum absolute atomic E-state index is 0.0699. The highest BCUT2D eigenvalue weighted by atomic mass is 16.1. The standard InChI is InChI=1S/C15H19N3O/c16-9-12-5-7-13(8-6-12)10-17-11-15(19)18-14-3-1-2-4-14/h5-8,14,17H,1-4,10-11H2,(H,18,19). The smallest absolute Gasteiger partial charge is 0.234 e. The second kappa shape index (κ2) is 6.91. The zero-order valence-electron chi connectivity index (χ0n) is 11.0. The molecule has 0 aromatic heterocycles. The van der Waals surface area contributed by atoms with Crippen LogP contribution in [0.25, 0.3) is 0 Å². The van der Waals surface area contributed by atoms with Crippen molar-refractivity contribution in [3.8, 4) is 6.07 Å². The minimum atomic E-state index is 0.0699. The van der Waals surface area contributed by atoms with Crippen LogP contribution in [0, 0.1) is 11.3 Å². The molecule has 2 rings (SSSR count). The van der Waals surface area contributed by atoms with Gasteiger partial charge in [-0.2, -0.15) is 5.26 Å². The van der Waals surface area contributed by atoms with E-state index < -0.39 is 0 Å². The molecule has 1 aromatic carbocycles. The number of nitrogens with one attached hydrogen (secondary N) is 2. The van der Waals surface area contributed by atoms with Gasteiger partial charge in [0.2, 0.25) is 5.91 Å². The minimum Gasteiger partial charge on any atom is -0.352 e. The van der Waals surface area contributed by atoms with Crippen molar-refractivity contribution in [2.75, 3.05) is 6.54 Å². The average Bonchev–Trinajstić information content (AvgIpc) is 2.92. The predicted octanol–water partition coefficient (Wildman–Crippen LogP) is 1.71. The molecule has 1 fully saturated rings. The van der Waals surface area contributed by atoms with E-state index in [1.165, 1.54) is 12.8 Å². The first-order chi connectivity index (χ1) is 9.28. The third kappa shape index (κ3) is 4.38. The molecule has 1 amide bonds. The molecule has 2 N–H and O–H groups in total. The summed E-state index contributed by atoms with van der Waals surface area (Å²) in [6.07, 6.45) is 4.68. The van der Waals surface area contributed by atoms with Crippen molar-refractivity contribution in [3.63, 3.8) is 0 Å². The molecule has 0 saturated heterocycles. The molecule has 1 aromatic rings. The first-order valence-corrected chi connectivity index (χ1v) is 6.77. The van der Waals surface area contributed by atoms with Gasteiger partial charge < -0.3 is 10.6 Å². The number of benzene rings is 1. The monoisotopic (exact) mass is 257 g/mol. The summed E-state index contributed by atoms with van der Waals surface area (Å²) in [5.74, 6) is 0.0699. The molecular formula is C15H19N3O. The number of nitriles is 1. The van der Waals surface area contributed by atoms with Crippen LogP contribution in [0.4, 0.5) is 0 Å². The van der Waals surface area contributed by atoms with E-state index in [4.69, 9.17) is 5.26 Å². The third-order valence-electron chi connectivity index (χ3n) is 3.42. The predicted molar refractivity (Wildman–Crippen MR) is 73.3 cm³/mol. The number of hydrogen-bond acceptors (Lipinski definition) is 3. The SMILES string of the molecule is N#Cc1ccc(CNCC(=O)NC2CCCC2)cc1. The average molecular weight is 257 g/mol. The molecule has 4 nitrogen and oxygen atoms in total. The molecule has 4 heteroatoms. The van der Waals surface area contributed by atoms with Crippen LogP contribution >= 0.6 is 0 Å². The Morgan fingerprint density at radius 2 is 1.95 bits per heavy atom. The van der Waals surface area contributed by atoms with Crippen molar-refractivity contribution in [1.82, 2.24) is 10.6 Å². The summed E-state index contributed by atoms with van der Waals surface area (Å²) in [6, 6.07) is 9.84. The van der Waals surface area contributed by atoms with Gasteiger partial charge in [-0.25, -0.2) is 0 Å². The first-order valence-electron chi connectivity index (χ1n) is 6.77. The van der Waals surface area contributed by atoms with Crippen LogP contribution < -0.4 is 10.6 Å². The highest BCUT2D eigenvalue weighted by Gasteiger charge is 2.16. The van der Waals surface area contributed by atoms with E-state index in [2.05, 4.69) is 16.7 Å². The zero-order chi connectivity index (χ0) is 13.5. The highest BCUT2D eigenvalue weighted by Crippen LogP contribution is 2.17. The van der Waals surface area contributed by atoms with Crippen molar-refractivity contribution in [1.29, 1.82) is 5.26 Å². The second-order valence-electron chi connectivity index (χ2n) is 4.96. The largest absolute Gasteiger partial charge is 0.352 e. The Morgan fingerprint density at radius 3 is 2.58 bits per heavy atom. The molecule has 0 bridgehead atoms. The van der Waals surface area contributed by atoms with Gasteiger partial charge in [0, 0.05) is 12.6 Å². The summed E-state index contributed by atoms with van der Waals surface area (Å²) in [5.41, 5.74) is 1.73. The highest BCUT2D eigenvalue weighted by molar-refractivity contribution is 5.78. The quantitative estimate of drug-likeness (QED) is 0.844. The summed E-state index contributed by atoms with van der Waals surface area (Å²) >= 11 is 0. The molecule has 1 saturated carbocycles. The van der Waals surface area contributed by atoms with E-state index in [-0.39, 0.29) is 5.91 Å². The number of amides is 1. The molecule has 0 atom stereocenters. The van der Waals surface area contributed by atoms with Crippen LogP contribution in [0.2, 0.25) is 0 Å². The molecule has 0 unspecified atom stereocenters. The lowest BCUT2D eigenvalue weighted by atomic mass is 10.1. The Bertz CT molecular complexity index is 455. The molecule has 1 aliphatic carbocycles. The number of hydrogen-bond donors (Lipinski definition) is 2. The fraction of sp³-hybridized carbons (Fsp3) is 0.467. The van der Waals surface area contributed by atoms with Crippen LogP contribution in [-0.4, -0.2) is 18.5 Å². The number of rotatable bonds is 5. The lowest BCUT2D eigenvalue weighted by molar-refractivity contribution is -0.120.